The Morgan fingerprint density at radius 1 is 1.31 bits per heavy atom. The summed E-state index contributed by atoms with van der Waals surface area (Å²) in [7, 11) is 0. The van der Waals surface area contributed by atoms with Gasteiger partial charge in [-0.2, -0.15) is 0 Å². The van der Waals surface area contributed by atoms with Crippen molar-refractivity contribution in [2.45, 2.75) is 52.4 Å². The second kappa shape index (κ2) is 6.48. The van der Waals surface area contributed by atoms with E-state index in [4.69, 9.17) is 11.6 Å². The molecule has 1 amide bonds. The third-order valence-corrected chi connectivity index (χ3v) is 4.71. The van der Waals surface area contributed by atoms with E-state index in [0.29, 0.717) is 5.88 Å². The van der Waals surface area contributed by atoms with Crippen LogP contribution in [0.25, 0.3) is 0 Å². The smallest absolute Gasteiger partial charge is 0.223 e. The topological polar surface area (TPSA) is 29.1 Å². The average Bonchev–Trinajstić information content (AvgIpc) is 2.85. The molecule has 1 fully saturated rings. The quantitative estimate of drug-likeness (QED) is 0.715. The number of carbonyl (C=O) groups is 1. The fraction of sp³-hybridized carbons (Fsp3) is 0.923. The van der Waals surface area contributed by atoms with Crippen molar-refractivity contribution in [1.29, 1.82) is 0 Å². The number of carbonyl (C=O) groups excluding carboxylic acids is 1. The molecule has 1 N–H and O–H groups in total. The zero-order chi connectivity index (χ0) is 12.0. The lowest BCUT2D eigenvalue weighted by atomic mass is 9.84. The second-order valence-corrected chi connectivity index (χ2v) is 5.31. The minimum Gasteiger partial charge on any atom is -0.355 e. The lowest BCUT2D eigenvalue weighted by Gasteiger charge is -2.30. The Hall–Kier alpha value is -0.240. The summed E-state index contributed by atoms with van der Waals surface area (Å²) in [4.78, 5) is 11.9. The van der Waals surface area contributed by atoms with Gasteiger partial charge in [-0.3, -0.25) is 4.79 Å². The van der Waals surface area contributed by atoms with E-state index in [2.05, 4.69) is 19.2 Å². The first-order valence-corrected chi connectivity index (χ1v) is 7.04. The fourth-order valence-corrected chi connectivity index (χ4v) is 2.82. The summed E-state index contributed by atoms with van der Waals surface area (Å²) >= 11 is 6.02. The van der Waals surface area contributed by atoms with E-state index < -0.39 is 0 Å². The van der Waals surface area contributed by atoms with Gasteiger partial charge in [-0.15, -0.1) is 11.6 Å². The highest BCUT2D eigenvalue weighted by Crippen LogP contribution is 2.28. The minimum atomic E-state index is 0.0931. The van der Waals surface area contributed by atoms with Crippen LogP contribution in [0.15, 0.2) is 0 Å². The number of nitrogens with one attached hydrogen (secondary N) is 1. The SMILES string of the molecule is CCC(CC)(CCl)CNC(=O)C1CCCC1. The lowest BCUT2D eigenvalue weighted by molar-refractivity contribution is -0.125. The highest BCUT2D eigenvalue weighted by molar-refractivity contribution is 6.18. The van der Waals surface area contributed by atoms with Crippen LogP contribution in [0, 0.1) is 11.3 Å². The van der Waals surface area contributed by atoms with Gasteiger partial charge in [0, 0.05) is 23.8 Å². The third-order valence-electron chi connectivity index (χ3n) is 4.15. The third kappa shape index (κ3) is 3.38. The van der Waals surface area contributed by atoms with E-state index in [1.807, 2.05) is 0 Å². The van der Waals surface area contributed by atoms with Crippen LogP contribution in [0.2, 0.25) is 0 Å². The molecule has 0 aliphatic heterocycles. The Balaban J connectivity index is 2.39. The summed E-state index contributed by atoms with van der Waals surface area (Å²) in [6.45, 7) is 5.03. The second-order valence-electron chi connectivity index (χ2n) is 5.04. The summed E-state index contributed by atoms with van der Waals surface area (Å²) in [5, 5.41) is 3.09. The van der Waals surface area contributed by atoms with E-state index in [1.165, 1.54) is 12.8 Å². The normalized spacial score (nSPS) is 17.7. The zero-order valence-corrected chi connectivity index (χ0v) is 11.3. The van der Waals surface area contributed by atoms with Crippen molar-refractivity contribution in [2.75, 3.05) is 12.4 Å². The minimum absolute atomic E-state index is 0.0931. The first-order chi connectivity index (χ1) is 7.67. The highest BCUT2D eigenvalue weighted by Gasteiger charge is 2.28. The Labute approximate surface area is 104 Å². The molecule has 0 atom stereocenters. The zero-order valence-electron chi connectivity index (χ0n) is 10.5. The van der Waals surface area contributed by atoms with Gasteiger partial charge in [0.25, 0.3) is 0 Å². The summed E-state index contributed by atoms with van der Waals surface area (Å²) in [5.41, 5.74) is 0.0931. The van der Waals surface area contributed by atoms with Crippen LogP contribution in [0.1, 0.15) is 52.4 Å². The maximum absolute atomic E-state index is 11.9. The molecule has 1 rings (SSSR count). The molecule has 0 spiro atoms. The highest BCUT2D eigenvalue weighted by atomic mass is 35.5. The number of rotatable bonds is 6. The van der Waals surface area contributed by atoms with Crippen LogP contribution in [-0.4, -0.2) is 18.3 Å². The molecule has 0 saturated heterocycles. The van der Waals surface area contributed by atoms with Crippen LogP contribution in [0.4, 0.5) is 0 Å². The van der Waals surface area contributed by atoms with Crippen LogP contribution in [-0.2, 0) is 4.79 Å². The molecule has 0 aromatic carbocycles. The molecule has 1 aliphatic carbocycles. The Morgan fingerprint density at radius 2 is 1.88 bits per heavy atom. The van der Waals surface area contributed by atoms with Crippen LogP contribution in [0.3, 0.4) is 0 Å². The molecule has 16 heavy (non-hydrogen) atoms. The van der Waals surface area contributed by atoms with Gasteiger partial charge in [0.1, 0.15) is 0 Å². The number of amides is 1. The standard InChI is InChI=1S/C13H24ClNO/c1-3-13(4-2,9-14)10-15-12(16)11-7-5-6-8-11/h11H,3-10H2,1-2H3,(H,15,16). The molecule has 0 aromatic heterocycles. The molecule has 94 valence electrons. The van der Waals surface area contributed by atoms with Crippen molar-refractivity contribution < 1.29 is 4.79 Å². The molecular weight excluding hydrogens is 222 g/mol. The number of hydrogen-bond donors (Lipinski definition) is 1. The summed E-state index contributed by atoms with van der Waals surface area (Å²) < 4.78 is 0. The molecule has 0 radical (unpaired) electrons. The van der Waals surface area contributed by atoms with Crippen LogP contribution in [0.5, 0.6) is 0 Å². The molecule has 3 heteroatoms. The Bertz CT molecular complexity index is 212. The van der Waals surface area contributed by atoms with Crippen LogP contribution >= 0.6 is 11.6 Å². The van der Waals surface area contributed by atoms with Crippen molar-refractivity contribution in [3.8, 4) is 0 Å². The van der Waals surface area contributed by atoms with Gasteiger partial charge in [0.05, 0.1) is 0 Å². The number of alkyl halides is 1. The first kappa shape index (κ1) is 13.8. The van der Waals surface area contributed by atoms with Crippen molar-refractivity contribution >= 4 is 17.5 Å². The summed E-state index contributed by atoms with van der Waals surface area (Å²) in [5.74, 6) is 1.14. The van der Waals surface area contributed by atoms with Crippen molar-refractivity contribution in [3.05, 3.63) is 0 Å². The van der Waals surface area contributed by atoms with E-state index in [0.717, 1.165) is 32.2 Å². The fourth-order valence-electron chi connectivity index (χ4n) is 2.34. The van der Waals surface area contributed by atoms with E-state index >= 15 is 0 Å². The Kier molecular flexibility index (Phi) is 5.60. The molecule has 2 nitrogen and oxygen atoms in total. The maximum atomic E-state index is 11.9. The van der Waals surface area contributed by atoms with Crippen molar-refractivity contribution in [3.63, 3.8) is 0 Å². The largest absolute Gasteiger partial charge is 0.355 e. The monoisotopic (exact) mass is 245 g/mol. The van der Waals surface area contributed by atoms with E-state index in [9.17, 15) is 4.79 Å². The molecule has 0 bridgehead atoms. The lowest BCUT2D eigenvalue weighted by Crippen LogP contribution is -2.40. The molecule has 0 heterocycles. The summed E-state index contributed by atoms with van der Waals surface area (Å²) in [6.07, 6.45) is 6.60. The van der Waals surface area contributed by atoms with Gasteiger partial charge in [-0.25, -0.2) is 0 Å². The van der Waals surface area contributed by atoms with Gasteiger partial charge in [-0.1, -0.05) is 26.7 Å². The van der Waals surface area contributed by atoms with Crippen molar-refractivity contribution in [2.24, 2.45) is 11.3 Å². The van der Waals surface area contributed by atoms with Gasteiger partial charge in [-0.05, 0) is 25.7 Å². The summed E-state index contributed by atoms with van der Waals surface area (Å²) in [6, 6.07) is 0. The van der Waals surface area contributed by atoms with Gasteiger partial charge < -0.3 is 5.32 Å². The predicted molar refractivity (Wildman–Crippen MR) is 68.7 cm³/mol. The molecule has 1 aliphatic rings. The van der Waals surface area contributed by atoms with Gasteiger partial charge in [0.15, 0.2) is 0 Å². The van der Waals surface area contributed by atoms with E-state index in [-0.39, 0.29) is 17.2 Å². The van der Waals surface area contributed by atoms with Gasteiger partial charge >= 0.3 is 0 Å². The molecule has 0 unspecified atom stereocenters. The number of hydrogen-bond acceptors (Lipinski definition) is 1. The van der Waals surface area contributed by atoms with Crippen LogP contribution < -0.4 is 5.32 Å². The average molecular weight is 246 g/mol. The molecule has 1 saturated carbocycles. The Morgan fingerprint density at radius 3 is 2.31 bits per heavy atom. The van der Waals surface area contributed by atoms with Crippen molar-refractivity contribution in [1.82, 2.24) is 5.32 Å². The number of halogens is 1. The predicted octanol–water partition coefficient (Wildman–Crippen LogP) is 3.34. The van der Waals surface area contributed by atoms with Gasteiger partial charge in [0.2, 0.25) is 5.91 Å². The first-order valence-electron chi connectivity index (χ1n) is 6.51. The van der Waals surface area contributed by atoms with E-state index in [1.54, 1.807) is 0 Å². The maximum Gasteiger partial charge on any atom is 0.223 e. The molecular formula is C13H24ClNO. The molecule has 0 aromatic rings.